The number of amides is 1. The minimum Gasteiger partial charge on any atom is -0.469 e. The second-order valence-electron chi connectivity index (χ2n) is 3.81. The van der Waals surface area contributed by atoms with E-state index in [-0.39, 0.29) is 24.3 Å². The average Bonchev–Trinajstić information content (AvgIpc) is 2.01. The van der Waals surface area contributed by atoms with Crippen LogP contribution in [0.2, 0.25) is 0 Å². The predicted octanol–water partition coefficient (Wildman–Crippen LogP) is 1.10. The summed E-state index contributed by atoms with van der Waals surface area (Å²) in [7, 11) is 1.35. The van der Waals surface area contributed by atoms with E-state index in [2.05, 4.69) is 10.1 Å². The summed E-state index contributed by atoms with van der Waals surface area (Å²) in [5.41, 5.74) is 0. The van der Waals surface area contributed by atoms with Gasteiger partial charge in [0.1, 0.15) is 0 Å². The highest BCUT2D eigenvalue weighted by Gasteiger charge is 2.16. The van der Waals surface area contributed by atoms with Crippen molar-refractivity contribution in [3.63, 3.8) is 0 Å². The van der Waals surface area contributed by atoms with Gasteiger partial charge in [0, 0.05) is 13.0 Å². The van der Waals surface area contributed by atoms with Crippen LogP contribution in [0.5, 0.6) is 0 Å². The highest BCUT2D eigenvalue weighted by Crippen LogP contribution is 2.08. The van der Waals surface area contributed by atoms with E-state index in [0.29, 0.717) is 5.92 Å². The molecular weight excluding hydrogens is 182 g/mol. The lowest BCUT2D eigenvalue weighted by Crippen LogP contribution is -2.36. The van der Waals surface area contributed by atoms with Crippen LogP contribution in [0.1, 0.15) is 33.6 Å². The summed E-state index contributed by atoms with van der Waals surface area (Å²) < 4.78 is 4.55. The topological polar surface area (TPSA) is 55.4 Å². The molecule has 0 aliphatic heterocycles. The SMILES string of the molecule is COC(=O)C[C@@H](CC(C)C)NC(C)=O. The maximum absolute atomic E-state index is 11.0. The second kappa shape index (κ2) is 6.40. The van der Waals surface area contributed by atoms with Crippen LogP contribution in [0.15, 0.2) is 0 Å². The summed E-state index contributed by atoms with van der Waals surface area (Å²) in [5.74, 6) is 0.0421. The maximum atomic E-state index is 11.0. The molecule has 0 spiro atoms. The molecule has 4 nitrogen and oxygen atoms in total. The Morgan fingerprint density at radius 1 is 1.36 bits per heavy atom. The van der Waals surface area contributed by atoms with Crippen LogP contribution < -0.4 is 5.32 Å². The number of carbonyl (C=O) groups is 2. The Hall–Kier alpha value is -1.06. The first-order valence-corrected chi connectivity index (χ1v) is 4.79. The van der Waals surface area contributed by atoms with E-state index in [9.17, 15) is 9.59 Å². The van der Waals surface area contributed by atoms with E-state index < -0.39 is 0 Å². The molecular formula is C10H19NO3. The zero-order valence-electron chi connectivity index (χ0n) is 9.29. The number of carbonyl (C=O) groups excluding carboxylic acids is 2. The first-order chi connectivity index (χ1) is 6.45. The van der Waals surface area contributed by atoms with Crippen molar-refractivity contribution in [3.8, 4) is 0 Å². The van der Waals surface area contributed by atoms with E-state index in [1.165, 1.54) is 14.0 Å². The molecule has 1 N–H and O–H groups in total. The molecule has 0 unspecified atom stereocenters. The number of hydrogen-bond donors (Lipinski definition) is 1. The molecule has 0 rings (SSSR count). The average molecular weight is 201 g/mol. The van der Waals surface area contributed by atoms with Gasteiger partial charge < -0.3 is 10.1 Å². The van der Waals surface area contributed by atoms with Crippen molar-refractivity contribution < 1.29 is 14.3 Å². The fourth-order valence-corrected chi connectivity index (χ4v) is 1.33. The van der Waals surface area contributed by atoms with Crippen LogP contribution in [0.25, 0.3) is 0 Å². The number of rotatable bonds is 5. The Kier molecular flexibility index (Phi) is 5.92. The van der Waals surface area contributed by atoms with Gasteiger partial charge in [-0.1, -0.05) is 13.8 Å². The Morgan fingerprint density at radius 2 is 1.93 bits per heavy atom. The van der Waals surface area contributed by atoms with E-state index in [4.69, 9.17) is 0 Å². The largest absolute Gasteiger partial charge is 0.469 e. The zero-order chi connectivity index (χ0) is 11.1. The molecule has 0 aromatic carbocycles. The summed E-state index contributed by atoms with van der Waals surface area (Å²) in [5, 5.41) is 2.74. The monoisotopic (exact) mass is 201 g/mol. The molecule has 0 radical (unpaired) electrons. The van der Waals surface area contributed by atoms with Crippen molar-refractivity contribution in [1.29, 1.82) is 0 Å². The first-order valence-electron chi connectivity index (χ1n) is 4.79. The summed E-state index contributed by atoms with van der Waals surface area (Å²) >= 11 is 0. The van der Waals surface area contributed by atoms with Gasteiger partial charge in [-0.2, -0.15) is 0 Å². The molecule has 1 amide bonds. The molecule has 0 bridgehead atoms. The van der Waals surface area contributed by atoms with Gasteiger partial charge in [-0.15, -0.1) is 0 Å². The number of hydrogen-bond acceptors (Lipinski definition) is 3. The van der Waals surface area contributed by atoms with Gasteiger partial charge in [0.25, 0.3) is 0 Å². The van der Waals surface area contributed by atoms with Crippen molar-refractivity contribution in [1.82, 2.24) is 5.32 Å². The van der Waals surface area contributed by atoms with Gasteiger partial charge in [0.15, 0.2) is 0 Å². The summed E-state index contributed by atoms with van der Waals surface area (Å²) in [4.78, 5) is 21.9. The minimum atomic E-state index is -0.288. The first kappa shape index (κ1) is 12.9. The predicted molar refractivity (Wildman–Crippen MR) is 53.7 cm³/mol. The second-order valence-corrected chi connectivity index (χ2v) is 3.81. The molecule has 0 saturated heterocycles. The van der Waals surface area contributed by atoms with Gasteiger partial charge in [0.05, 0.1) is 13.5 Å². The van der Waals surface area contributed by atoms with E-state index >= 15 is 0 Å². The third-order valence-electron chi connectivity index (χ3n) is 1.80. The molecule has 0 aromatic heterocycles. The molecule has 0 aliphatic carbocycles. The lowest BCUT2D eigenvalue weighted by molar-refractivity contribution is -0.141. The highest BCUT2D eigenvalue weighted by atomic mass is 16.5. The molecule has 0 fully saturated rings. The van der Waals surface area contributed by atoms with Crippen molar-refractivity contribution in [2.45, 2.75) is 39.7 Å². The number of esters is 1. The summed E-state index contributed by atoms with van der Waals surface area (Å²) in [6, 6.07) is -0.111. The van der Waals surface area contributed by atoms with Crippen molar-refractivity contribution in [3.05, 3.63) is 0 Å². The van der Waals surface area contributed by atoms with E-state index in [1.54, 1.807) is 0 Å². The van der Waals surface area contributed by atoms with Crippen LogP contribution in [0, 0.1) is 5.92 Å². The smallest absolute Gasteiger partial charge is 0.307 e. The van der Waals surface area contributed by atoms with Gasteiger partial charge in [-0.05, 0) is 12.3 Å². The minimum absolute atomic E-state index is 0.111. The van der Waals surface area contributed by atoms with Crippen molar-refractivity contribution in [2.75, 3.05) is 7.11 Å². The molecule has 82 valence electrons. The molecule has 14 heavy (non-hydrogen) atoms. The quantitative estimate of drug-likeness (QED) is 0.678. The lowest BCUT2D eigenvalue weighted by Gasteiger charge is -2.18. The fraction of sp³-hybridized carbons (Fsp3) is 0.800. The third kappa shape index (κ3) is 6.46. The number of ether oxygens (including phenoxy) is 1. The van der Waals surface area contributed by atoms with E-state index in [1.807, 2.05) is 13.8 Å². The van der Waals surface area contributed by atoms with Gasteiger partial charge in [-0.3, -0.25) is 9.59 Å². The Balaban J connectivity index is 4.09. The molecule has 0 heterocycles. The van der Waals surface area contributed by atoms with Crippen LogP contribution in [0.4, 0.5) is 0 Å². The van der Waals surface area contributed by atoms with Crippen molar-refractivity contribution in [2.24, 2.45) is 5.92 Å². The highest BCUT2D eigenvalue weighted by molar-refractivity contribution is 5.75. The normalized spacial score (nSPS) is 12.4. The number of nitrogens with one attached hydrogen (secondary N) is 1. The molecule has 0 saturated carbocycles. The van der Waals surface area contributed by atoms with Crippen molar-refractivity contribution >= 4 is 11.9 Å². The van der Waals surface area contributed by atoms with Crippen LogP contribution in [0.3, 0.4) is 0 Å². The Morgan fingerprint density at radius 3 is 2.29 bits per heavy atom. The standard InChI is InChI=1S/C10H19NO3/c1-7(2)5-9(11-8(3)12)6-10(13)14-4/h7,9H,5-6H2,1-4H3,(H,11,12)/t9-/m1/s1. The van der Waals surface area contributed by atoms with Crippen LogP contribution in [-0.4, -0.2) is 25.0 Å². The van der Waals surface area contributed by atoms with Gasteiger partial charge in [0.2, 0.25) is 5.91 Å². The molecule has 0 aliphatic rings. The zero-order valence-corrected chi connectivity index (χ0v) is 9.29. The molecule has 0 aromatic rings. The number of methoxy groups -OCH3 is 1. The van der Waals surface area contributed by atoms with Crippen LogP contribution in [-0.2, 0) is 14.3 Å². The summed E-state index contributed by atoms with van der Waals surface area (Å²) in [6.07, 6.45) is 1.03. The van der Waals surface area contributed by atoms with Gasteiger partial charge in [-0.25, -0.2) is 0 Å². The Bertz CT molecular complexity index is 202. The van der Waals surface area contributed by atoms with E-state index in [0.717, 1.165) is 6.42 Å². The lowest BCUT2D eigenvalue weighted by atomic mass is 10.0. The Labute approximate surface area is 85.0 Å². The van der Waals surface area contributed by atoms with Crippen LogP contribution >= 0.6 is 0 Å². The van der Waals surface area contributed by atoms with Gasteiger partial charge >= 0.3 is 5.97 Å². The third-order valence-corrected chi connectivity index (χ3v) is 1.80. The maximum Gasteiger partial charge on any atom is 0.307 e. The fourth-order valence-electron chi connectivity index (χ4n) is 1.33. The summed E-state index contributed by atoms with van der Waals surface area (Å²) in [6.45, 7) is 5.54. The molecule has 4 heteroatoms. The molecule has 1 atom stereocenters.